The number of halogens is 3. The molecule has 2 N–H and O–H groups in total. The number of Topliss-reactive ketones (excluding diaryl/α,β-unsaturated/α-hetero) is 1. The Morgan fingerprint density at radius 1 is 1.09 bits per heavy atom. The summed E-state index contributed by atoms with van der Waals surface area (Å²) in [7, 11) is 0. The van der Waals surface area contributed by atoms with Crippen molar-refractivity contribution in [1.29, 1.82) is 0 Å². The zero-order valence-corrected chi connectivity index (χ0v) is 17.8. The summed E-state index contributed by atoms with van der Waals surface area (Å²) >= 11 is 5.76. The van der Waals surface area contributed by atoms with Crippen molar-refractivity contribution >= 4 is 35.1 Å². The number of fused-ring (bicyclic) bond motifs is 1. The maximum atomic E-state index is 14.6. The Hall–Kier alpha value is -3.00. The lowest BCUT2D eigenvalue weighted by atomic mass is 10.0. The van der Waals surface area contributed by atoms with Crippen molar-refractivity contribution in [1.82, 2.24) is 5.32 Å². The molecule has 0 aromatic heterocycles. The van der Waals surface area contributed by atoms with Gasteiger partial charge in [0.2, 0.25) is 0 Å². The second-order valence-corrected chi connectivity index (χ2v) is 8.46. The van der Waals surface area contributed by atoms with Crippen molar-refractivity contribution in [2.24, 2.45) is 5.92 Å². The molecule has 2 aromatic carbocycles. The van der Waals surface area contributed by atoms with Gasteiger partial charge in [-0.2, -0.15) is 0 Å². The summed E-state index contributed by atoms with van der Waals surface area (Å²) in [5.74, 6) is -1.42. The van der Waals surface area contributed by atoms with E-state index >= 15 is 0 Å². The molecule has 2 aromatic rings. The minimum absolute atomic E-state index is 0.0242. The van der Waals surface area contributed by atoms with Crippen LogP contribution in [0.2, 0.25) is 5.02 Å². The highest BCUT2D eigenvalue weighted by Crippen LogP contribution is 2.36. The highest BCUT2D eigenvalue weighted by molar-refractivity contribution is 6.31. The molecule has 1 saturated carbocycles. The lowest BCUT2D eigenvalue weighted by molar-refractivity contribution is -0.117. The van der Waals surface area contributed by atoms with Crippen LogP contribution in [-0.2, 0) is 16.0 Å². The van der Waals surface area contributed by atoms with E-state index in [9.17, 15) is 23.2 Å². The third-order valence-electron chi connectivity index (χ3n) is 5.85. The molecule has 0 saturated heterocycles. The maximum absolute atomic E-state index is 14.6. The fourth-order valence-electron chi connectivity index (χ4n) is 4.26. The normalized spacial score (nSPS) is 19.5. The van der Waals surface area contributed by atoms with Crippen LogP contribution >= 0.6 is 11.6 Å². The molecule has 0 bridgehead atoms. The summed E-state index contributed by atoms with van der Waals surface area (Å²) < 4.78 is 33.2. The minimum Gasteiger partial charge on any atom is -0.449 e. The molecule has 2 amide bonds. The van der Waals surface area contributed by atoms with E-state index in [-0.39, 0.29) is 34.5 Å². The molecule has 2 aliphatic rings. The SMILES string of the molecule is O=C1CC[C@H](COC(=O)N[C@H]2CCc3c(C(=O)Nc4ccc(F)c(Cl)c4)ccc(F)c32)C1. The average Bonchev–Trinajstić information content (AvgIpc) is 3.36. The van der Waals surface area contributed by atoms with E-state index in [4.69, 9.17) is 16.3 Å². The third kappa shape index (κ3) is 4.75. The molecule has 0 heterocycles. The van der Waals surface area contributed by atoms with E-state index < -0.39 is 29.7 Å². The second kappa shape index (κ2) is 9.24. The van der Waals surface area contributed by atoms with Crippen LogP contribution in [0.1, 0.15) is 53.2 Å². The van der Waals surface area contributed by atoms with Crippen LogP contribution in [0.5, 0.6) is 0 Å². The van der Waals surface area contributed by atoms with Crippen molar-refractivity contribution < 1.29 is 27.9 Å². The van der Waals surface area contributed by atoms with Gasteiger partial charge in [0.25, 0.3) is 5.91 Å². The first-order valence-corrected chi connectivity index (χ1v) is 10.7. The van der Waals surface area contributed by atoms with Gasteiger partial charge >= 0.3 is 6.09 Å². The Kier molecular flexibility index (Phi) is 6.41. The van der Waals surface area contributed by atoms with E-state index in [1.54, 1.807) is 0 Å². The number of ketones is 1. The standard InChI is InChI=1S/C23H21ClF2N2O4/c24-17-10-13(2-6-18(17)25)27-22(30)16-4-7-19(26)21-15(16)5-8-20(21)28-23(31)32-11-12-1-3-14(29)9-12/h2,4,6-7,10,12,20H,1,3,5,8-9,11H2,(H,27,30)(H,28,31)/t12-,20-/m0/s1. The quantitative estimate of drug-likeness (QED) is 0.658. The number of amides is 2. The van der Waals surface area contributed by atoms with Gasteiger partial charge < -0.3 is 15.4 Å². The van der Waals surface area contributed by atoms with Gasteiger partial charge in [-0.3, -0.25) is 9.59 Å². The summed E-state index contributed by atoms with van der Waals surface area (Å²) in [5.41, 5.74) is 1.33. The van der Waals surface area contributed by atoms with Gasteiger partial charge in [0.05, 0.1) is 17.7 Å². The lowest BCUT2D eigenvalue weighted by Gasteiger charge is -2.17. The van der Waals surface area contributed by atoms with Crippen LogP contribution in [0, 0.1) is 17.6 Å². The highest BCUT2D eigenvalue weighted by atomic mass is 35.5. The number of hydrogen-bond acceptors (Lipinski definition) is 4. The summed E-state index contributed by atoms with van der Waals surface area (Å²) in [4.78, 5) is 36.3. The monoisotopic (exact) mass is 462 g/mol. The van der Waals surface area contributed by atoms with Crippen LogP contribution in [0.25, 0.3) is 0 Å². The number of ether oxygens (including phenoxy) is 1. The summed E-state index contributed by atoms with van der Waals surface area (Å²) in [5, 5.41) is 5.17. The summed E-state index contributed by atoms with van der Waals surface area (Å²) in [6.45, 7) is 0.141. The first kappa shape index (κ1) is 22.2. The Labute approximate surface area is 188 Å². The number of alkyl carbamates (subject to hydrolysis) is 1. The van der Waals surface area contributed by atoms with Crippen LogP contribution in [-0.4, -0.2) is 24.4 Å². The van der Waals surface area contributed by atoms with E-state index in [2.05, 4.69) is 10.6 Å². The fourth-order valence-corrected chi connectivity index (χ4v) is 4.44. The zero-order valence-electron chi connectivity index (χ0n) is 17.1. The number of nitrogens with one attached hydrogen (secondary N) is 2. The van der Waals surface area contributed by atoms with Gasteiger partial charge in [0.1, 0.15) is 17.4 Å². The lowest BCUT2D eigenvalue weighted by Crippen LogP contribution is -2.29. The van der Waals surface area contributed by atoms with Crippen molar-refractivity contribution in [3.63, 3.8) is 0 Å². The molecule has 168 valence electrons. The molecule has 0 spiro atoms. The van der Waals surface area contributed by atoms with E-state index in [0.717, 1.165) is 6.07 Å². The van der Waals surface area contributed by atoms with Gasteiger partial charge in [0, 0.05) is 35.6 Å². The van der Waals surface area contributed by atoms with Crippen molar-refractivity contribution in [2.75, 3.05) is 11.9 Å². The molecule has 2 aliphatic carbocycles. The molecule has 4 rings (SSSR count). The number of carbonyl (C=O) groups is 3. The molecule has 0 unspecified atom stereocenters. The number of hydrogen-bond donors (Lipinski definition) is 2. The Morgan fingerprint density at radius 3 is 2.59 bits per heavy atom. The molecular formula is C23H21ClF2N2O4. The van der Waals surface area contributed by atoms with Gasteiger partial charge in [-0.1, -0.05) is 11.6 Å². The fraction of sp³-hybridized carbons (Fsp3) is 0.348. The second-order valence-electron chi connectivity index (χ2n) is 8.05. The molecule has 6 nitrogen and oxygen atoms in total. The van der Waals surface area contributed by atoms with Crippen molar-refractivity contribution in [2.45, 2.75) is 38.1 Å². The van der Waals surface area contributed by atoms with Crippen molar-refractivity contribution in [3.8, 4) is 0 Å². The van der Waals surface area contributed by atoms with Crippen LogP contribution < -0.4 is 10.6 Å². The third-order valence-corrected chi connectivity index (χ3v) is 6.14. The van der Waals surface area contributed by atoms with Gasteiger partial charge in [-0.15, -0.1) is 0 Å². The van der Waals surface area contributed by atoms with Gasteiger partial charge in [-0.25, -0.2) is 13.6 Å². The van der Waals surface area contributed by atoms with Crippen molar-refractivity contribution in [3.05, 3.63) is 63.7 Å². The molecular weight excluding hydrogens is 442 g/mol. The first-order valence-electron chi connectivity index (χ1n) is 10.3. The summed E-state index contributed by atoms with van der Waals surface area (Å²) in [6, 6.07) is 5.74. The highest BCUT2D eigenvalue weighted by Gasteiger charge is 2.32. The molecule has 0 radical (unpaired) electrons. The topological polar surface area (TPSA) is 84.5 Å². The van der Waals surface area contributed by atoms with E-state index in [0.29, 0.717) is 43.4 Å². The van der Waals surface area contributed by atoms with Gasteiger partial charge in [-0.05, 0) is 55.2 Å². The number of rotatable bonds is 5. The van der Waals surface area contributed by atoms with E-state index in [1.807, 2.05) is 0 Å². The molecule has 32 heavy (non-hydrogen) atoms. The number of benzene rings is 2. The molecule has 1 fully saturated rings. The average molecular weight is 463 g/mol. The summed E-state index contributed by atoms with van der Waals surface area (Å²) in [6.07, 6.45) is 1.73. The molecule has 2 atom stereocenters. The Morgan fingerprint density at radius 2 is 1.88 bits per heavy atom. The molecule has 0 aliphatic heterocycles. The predicted molar refractivity (Wildman–Crippen MR) is 114 cm³/mol. The maximum Gasteiger partial charge on any atom is 0.407 e. The van der Waals surface area contributed by atoms with Crippen LogP contribution in [0.15, 0.2) is 30.3 Å². The smallest absolute Gasteiger partial charge is 0.407 e. The van der Waals surface area contributed by atoms with Crippen LogP contribution in [0.4, 0.5) is 19.3 Å². The number of anilines is 1. The van der Waals surface area contributed by atoms with Crippen LogP contribution in [0.3, 0.4) is 0 Å². The zero-order chi connectivity index (χ0) is 22.8. The Balaban J connectivity index is 1.44. The Bertz CT molecular complexity index is 1090. The van der Waals surface area contributed by atoms with E-state index in [1.165, 1.54) is 24.3 Å². The largest absolute Gasteiger partial charge is 0.449 e. The number of carbonyl (C=O) groups excluding carboxylic acids is 3. The van der Waals surface area contributed by atoms with Gasteiger partial charge in [0.15, 0.2) is 0 Å². The first-order chi connectivity index (χ1) is 15.3. The molecule has 9 heteroatoms. The predicted octanol–water partition coefficient (Wildman–Crippen LogP) is 4.95. The minimum atomic E-state index is -0.683.